The molecule has 8 heteroatoms. The smallest absolute Gasteiger partial charge is 0.217 e. The summed E-state index contributed by atoms with van der Waals surface area (Å²) in [4.78, 5) is 16.3. The van der Waals surface area contributed by atoms with E-state index >= 15 is 0 Å². The summed E-state index contributed by atoms with van der Waals surface area (Å²) in [7, 11) is 0. The van der Waals surface area contributed by atoms with Crippen molar-refractivity contribution in [2.75, 3.05) is 5.73 Å². The Labute approximate surface area is 181 Å². The van der Waals surface area contributed by atoms with Gasteiger partial charge in [0.15, 0.2) is 5.82 Å². The molecule has 0 aliphatic carbocycles. The Bertz CT molecular complexity index is 1090. The van der Waals surface area contributed by atoms with E-state index in [1.54, 1.807) is 11.3 Å². The van der Waals surface area contributed by atoms with Gasteiger partial charge in [0.2, 0.25) is 5.91 Å². The first-order valence-corrected chi connectivity index (χ1v) is 10.7. The van der Waals surface area contributed by atoms with Crippen LogP contribution >= 0.6 is 11.3 Å². The third-order valence-electron chi connectivity index (χ3n) is 4.75. The maximum absolute atomic E-state index is 10.1. The number of aryl methyl sites for hydroxylation is 2. The minimum absolute atomic E-state index is 0.0370. The van der Waals surface area contributed by atoms with Crippen LogP contribution in [0.1, 0.15) is 54.0 Å². The molecule has 0 radical (unpaired) electrons. The molecule has 1 amide bonds. The SMILES string of the molecule is CC(=O)NC(C)C.Cc1sc2c(c1C)C(c1ccc(N)cc1)=NCc1nnc(C)n1-2. The van der Waals surface area contributed by atoms with E-state index in [0.717, 1.165) is 33.6 Å². The van der Waals surface area contributed by atoms with Crippen molar-refractivity contribution in [2.24, 2.45) is 4.99 Å². The molecule has 7 nitrogen and oxygen atoms in total. The van der Waals surface area contributed by atoms with E-state index in [-0.39, 0.29) is 11.9 Å². The molecule has 158 valence electrons. The average Bonchev–Trinajstić information content (AvgIpc) is 3.10. The van der Waals surface area contributed by atoms with Crippen molar-refractivity contribution in [3.05, 3.63) is 57.5 Å². The van der Waals surface area contributed by atoms with Gasteiger partial charge in [-0.2, -0.15) is 0 Å². The highest BCUT2D eigenvalue weighted by atomic mass is 32.1. The standard InChI is InChI=1S/C17H17N5S.C5H11NO/c1-9-10(2)23-17-15(9)16(12-4-6-13(18)7-5-12)19-8-14-21-20-11(3)22(14)17;1-4(2)6-5(3)7/h4-7H,8,18H2,1-3H3;4H,1-3H3,(H,6,7). The summed E-state index contributed by atoms with van der Waals surface area (Å²) in [5, 5.41) is 12.3. The zero-order chi connectivity index (χ0) is 22.0. The summed E-state index contributed by atoms with van der Waals surface area (Å²) >= 11 is 1.77. The Morgan fingerprint density at radius 3 is 2.40 bits per heavy atom. The van der Waals surface area contributed by atoms with Crippen molar-refractivity contribution < 1.29 is 4.79 Å². The van der Waals surface area contributed by atoms with Crippen LogP contribution in [0.25, 0.3) is 5.00 Å². The van der Waals surface area contributed by atoms with Crippen LogP contribution in [0, 0.1) is 20.8 Å². The predicted octanol–water partition coefficient (Wildman–Crippen LogP) is 3.72. The normalized spacial score (nSPS) is 12.3. The number of nitrogen functional groups attached to an aromatic ring is 1. The van der Waals surface area contributed by atoms with Crippen molar-refractivity contribution in [1.82, 2.24) is 20.1 Å². The molecular weight excluding hydrogens is 396 g/mol. The number of anilines is 1. The lowest BCUT2D eigenvalue weighted by atomic mass is 10.00. The predicted molar refractivity (Wildman–Crippen MR) is 123 cm³/mol. The van der Waals surface area contributed by atoms with E-state index in [4.69, 9.17) is 10.7 Å². The molecule has 1 aliphatic rings. The second-order valence-corrected chi connectivity index (χ2v) is 8.81. The van der Waals surface area contributed by atoms with Crippen LogP contribution in [0.5, 0.6) is 0 Å². The number of carbonyl (C=O) groups excluding carboxylic acids is 1. The second-order valence-electron chi connectivity index (χ2n) is 7.60. The number of carbonyl (C=O) groups is 1. The van der Waals surface area contributed by atoms with Crippen molar-refractivity contribution in [3.8, 4) is 5.00 Å². The first-order chi connectivity index (χ1) is 14.2. The van der Waals surface area contributed by atoms with E-state index in [1.807, 2.05) is 45.0 Å². The summed E-state index contributed by atoms with van der Waals surface area (Å²) in [6.07, 6.45) is 0. The van der Waals surface area contributed by atoms with Crippen molar-refractivity contribution in [1.29, 1.82) is 0 Å². The molecule has 0 bridgehead atoms. The number of nitrogens with one attached hydrogen (secondary N) is 1. The van der Waals surface area contributed by atoms with Gasteiger partial charge in [0.1, 0.15) is 17.4 Å². The Morgan fingerprint density at radius 1 is 1.17 bits per heavy atom. The summed E-state index contributed by atoms with van der Waals surface area (Å²) in [6, 6.07) is 8.18. The topological polar surface area (TPSA) is 98.2 Å². The maximum atomic E-state index is 10.1. The molecule has 1 aliphatic heterocycles. The van der Waals surface area contributed by atoms with Gasteiger partial charge >= 0.3 is 0 Å². The number of amides is 1. The van der Waals surface area contributed by atoms with E-state index in [9.17, 15) is 4.79 Å². The summed E-state index contributed by atoms with van der Waals surface area (Å²) in [6.45, 7) is 12.2. The van der Waals surface area contributed by atoms with Crippen LogP contribution in [-0.4, -0.2) is 32.4 Å². The van der Waals surface area contributed by atoms with Crippen LogP contribution in [0.3, 0.4) is 0 Å². The number of nitrogens with zero attached hydrogens (tertiary/aromatic N) is 4. The first-order valence-electron chi connectivity index (χ1n) is 9.88. The van der Waals surface area contributed by atoms with E-state index < -0.39 is 0 Å². The van der Waals surface area contributed by atoms with Crippen molar-refractivity contribution in [2.45, 2.75) is 54.1 Å². The monoisotopic (exact) mass is 424 g/mol. The summed E-state index contributed by atoms with van der Waals surface area (Å²) < 4.78 is 2.13. The number of thiophene rings is 1. The molecule has 3 N–H and O–H groups in total. The Balaban J connectivity index is 0.000000318. The van der Waals surface area contributed by atoms with Crippen molar-refractivity contribution in [3.63, 3.8) is 0 Å². The molecule has 1 aromatic carbocycles. The molecular formula is C22H28N6OS. The van der Waals surface area contributed by atoms with Gasteiger partial charge in [-0.05, 0) is 52.3 Å². The fourth-order valence-electron chi connectivity index (χ4n) is 3.33. The number of fused-ring (bicyclic) bond motifs is 3. The van der Waals surface area contributed by atoms with Gasteiger partial charge in [-0.1, -0.05) is 12.1 Å². The molecule has 0 unspecified atom stereocenters. The second kappa shape index (κ2) is 8.79. The quantitative estimate of drug-likeness (QED) is 0.613. The molecule has 4 rings (SSSR count). The van der Waals surface area contributed by atoms with Crippen LogP contribution < -0.4 is 11.1 Å². The number of benzene rings is 1. The van der Waals surface area contributed by atoms with E-state index in [2.05, 4.69) is 33.9 Å². The number of aromatic nitrogens is 3. The van der Waals surface area contributed by atoms with Gasteiger partial charge in [0.25, 0.3) is 0 Å². The highest BCUT2D eigenvalue weighted by Gasteiger charge is 2.26. The molecule has 3 aromatic rings. The zero-order valence-electron chi connectivity index (χ0n) is 18.3. The Hall–Kier alpha value is -3.00. The van der Waals surface area contributed by atoms with Crippen LogP contribution in [0.4, 0.5) is 5.69 Å². The minimum Gasteiger partial charge on any atom is -0.399 e. The van der Waals surface area contributed by atoms with E-state index in [1.165, 1.54) is 22.9 Å². The number of nitrogens with two attached hydrogens (primary N) is 1. The summed E-state index contributed by atoms with van der Waals surface area (Å²) in [5.74, 6) is 1.82. The highest BCUT2D eigenvalue weighted by molar-refractivity contribution is 7.15. The molecule has 0 atom stereocenters. The van der Waals surface area contributed by atoms with Crippen LogP contribution in [0.2, 0.25) is 0 Å². The fraction of sp³-hybridized carbons (Fsp3) is 0.364. The molecule has 30 heavy (non-hydrogen) atoms. The van der Waals surface area contributed by atoms with Gasteiger partial charge < -0.3 is 11.1 Å². The zero-order valence-corrected chi connectivity index (χ0v) is 19.1. The average molecular weight is 425 g/mol. The molecule has 0 fully saturated rings. The van der Waals surface area contributed by atoms with Gasteiger partial charge in [0.05, 0.1) is 5.71 Å². The fourth-order valence-corrected chi connectivity index (χ4v) is 4.56. The Kier molecular flexibility index (Phi) is 6.36. The first kappa shape index (κ1) is 21.7. The highest BCUT2D eigenvalue weighted by Crippen LogP contribution is 2.36. The van der Waals surface area contributed by atoms with Gasteiger partial charge in [-0.15, -0.1) is 21.5 Å². The molecule has 0 spiro atoms. The lowest BCUT2D eigenvalue weighted by molar-refractivity contribution is -0.119. The lowest BCUT2D eigenvalue weighted by Gasteiger charge is -2.09. The number of rotatable bonds is 2. The molecule has 0 saturated heterocycles. The summed E-state index contributed by atoms with van der Waals surface area (Å²) in [5.41, 5.74) is 11.1. The lowest BCUT2D eigenvalue weighted by Crippen LogP contribution is -2.27. The number of hydrogen-bond donors (Lipinski definition) is 2. The third kappa shape index (κ3) is 4.43. The van der Waals surface area contributed by atoms with Crippen LogP contribution in [-0.2, 0) is 11.3 Å². The third-order valence-corrected chi connectivity index (χ3v) is 5.95. The van der Waals surface area contributed by atoms with Gasteiger partial charge in [-0.25, -0.2) is 0 Å². The van der Waals surface area contributed by atoms with E-state index in [0.29, 0.717) is 6.54 Å². The minimum atomic E-state index is 0.0370. The Morgan fingerprint density at radius 2 is 1.83 bits per heavy atom. The molecule has 0 saturated carbocycles. The molecule has 3 heterocycles. The molecule has 2 aromatic heterocycles. The van der Waals surface area contributed by atoms with Gasteiger partial charge in [-0.3, -0.25) is 14.4 Å². The largest absolute Gasteiger partial charge is 0.399 e. The van der Waals surface area contributed by atoms with Crippen molar-refractivity contribution >= 4 is 28.6 Å². The van der Waals surface area contributed by atoms with Crippen LogP contribution in [0.15, 0.2) is 29.3 Å². The maximum Gasteiger partial charge on any atom is 0.217 e. The van der Waals surface area contributed by atoms with Gasteiger partial charge in [0, 0.05) is 34.7 Å². The number of hydrogen-bond acceptors (Lipinski definition) is 6. The number of aliphatic imine (C=N–C) groups is 1.